The maximum atomic E-state index is 12.8. The topological polar surface area (TPSA) is 98.5 Å². The summed E-state index contributed by atoms with van der Waals surface area (Å²) in [4.78, 5) is 2.01. The first-order valence-corrected chi connectivity index (χ1v) is 7.00. The Hall–Kier alpha value is -1.51. The summed E-state index contributed by atoms with van der Waals surface area (Å²) in [6, 6.07) is 6.51. The van der Waals surface area contributed by atoms with E-state index in [4.69, 9.17) is 18.6 Å². The van der Waals surface area contributed by atoms with Gasteiger partial charge in [0.25, 0.3) is 0 Å². The largest absolute Gasteiger partial charge is 0.377 e. The van der Waals surface area contributed by atoms with Crippen molar-refractivity contribution < 1.29 is 37.8 Å². The number of halogens is 2. The van der Waals surface area contributed by atoms with Gasteiger partial charge in [0, 0.05) is 25.9 Å². The predicted octanol–water partition coefficient (Wildman–Crippen LogP) is -2.68. The molecular weight excluding hydrogens is 303 g/mol. The Morgan fingerprint density at radius 2 is 1.52 bits per heavy atom. The van der Waals surface area contributed by atoms with E-state index in [1.165, 1.54) is 12.1 Å². The molecule has 0 radical (unpaired) electrons. The summed E-state index contributed by atoms with van der Waals surface area (Å²) < 4.78 is 48.8. The second-order valence-electron chi connectivity index (χ2n) is 4.44. The minimum atomic E-state index is -4.94. The Morgan fingerprint density at radius 1 is 1.10 bits per heavy atom. The second-order valence-corrected chi connectivity index (χ2v) is 5.20. The molecule has 8 heteroatoms. The SMILES string of the molecule is CN(C)/C(=C/C=[N+](C)C)c1ccc(F)cc1.[O-][Cl+3]([O-])([O-])[O-]. The zero-order valence-corrected chi connectivity index (χ0v) is 13.0. The highest BCUT2D eigenvalue weighted by atomic mass is 35.7. The van der Waals surface area contributed by atoms with E-state index >= 15 is 0 Å². The summed E-state index contributed by atoms with van der Waals surface area (Å²) in [6.45, 7) is 0. The average Bonchev–Trinajstić information content (AvgIpc) is 2.28. The number of hydrogen-bond donors (Lipinski definition) is 0. The molecule has 6 nitrogen and oxygen atoms in total. The molecule has 0 amide bonds. The maximum Gasteiger partial charge on any atom is 0.164 e. The summed E-state index contributed by atoms with van der Waals surface area (Å²) >= 11 is 0. The highest BCUT2D eigenvalue weighted by Crippen LogP contribution is 2.16. The van der Waals surface area contributed by atoms with Gasteiger partial charge in [-0.3, -0.25) is 0 Å². The summed E-state index contributed by atoms with van der Waals surface area (Å²) in [5, 5.41) is 0. The van der Waals surface area contributed by atoms with Crippen LogP contribution in [0.3, 0.4) is 0 Å². The fraction of sp³-hybridized carbons (Fsp3) is 0.308. The molecule has 0 bridgehead atoms. The van der Waals surface area contributed by atoms with Gasteiger partial charge >= 0.3 is 0 Å². The van der Waals surface area contributed by atoms with E-state index in [0.29, 0.717) is 0 Å². The lowest BCUT2D eigenvalue weighted by atomic mass is 10.1. The third kappa shape index (κ3) is 10.9. The van der Waals surface area contributed by atoms with Crippen molar-refractivity contribution in [3.05, 3.63) is 41.7 Å². The molecule has 118 valence electrons. The van der Waals surface area contributed by atoms with Crippen LogP contribution < -0.4 is 18.6 Å². The van der Waals surface area contributed by atoms with Gasteiger partial charge in [-0.1, -0.05) is 0 Å². The first-order chi connectivity index (χ1) is 9.50. The van der Waals surface area contributed by atoms with Gasteiger partial charge in [-0.25, -0.2) is 27.6 Å². The van der Waals surface area contributed by atoms with Gasteiger partial charge in [0.15, 0.2) is 6.21 Å². The number of benzene rings is 1. The molecule has 0 aliphatic rings. The van der Waals surface area contributed by atoms with Gasteiger partial charge in [0.2, 0.25) is 0 Å². The van der Waals surface area contributed by atoms with Crippen LogP contribution in [-0.2, 0) is 0 Å². The molecule has 0 unspecified atom stereocenters. The minimum absolute atomic E-state index is 0.210. The van der Waals surface area contributed by atoms with Crippen molar-refractivity contribution >= 4 is 11.9 Å². The minimum Gasteiger partial charge on any atom is -0.377 e. The zero-order chi connectivity index (χ0) is 16.6. The van der Waals surface area contributed by atoms with Crippen LogP contribution in [0, 0.1) is 16.1 Å². The van der Waals surface area contributed by atoms with Crippen LogP contribution in [0.2, 0.25) is 0 Å². The molecule has 0 aliphatic heterocycles. The van der Waals surface area contributed by atoms with Crippen molar-refractivity contribution in [2.45, 2.75) is 0 Å². The highest BCUT2D eigenvalue weighted by molar-refractivity contribution is 5.81. The Kier molecular flexibility index (Phi) is 8.08. The molecule has 0 saturated heterocycles. The predicted molar refractivity (Wildman–Crippen MR) is 66.2 cm³/mol. The maximum absolute atomic E-state index is 12.8. The molecule has 21 heavy (non-hydrogen) atoms. The van der Waals surface area contributed by atoms with Crippen molar-refractivity contribution in [3.63, 3.8) is 0 Å². The summed E-state index contributed by atoms with van der Waals surface area (Å²) in [6.07, 6.45) is 3.98. The van der Waals surface area contributed by atoms with Crippen LogP contribution in [0.25, 0.3) is 5.70 Å². The van der Waals surface area contributed by atoms with E-state index in [2.05, 4.69) is 0 Å². The third-order valence-corrected chi connectivity index (χ3v) is 2.15. The molecule has 0 heterocycles. The molecular formula is C13H18ClFN2O4. The van der Waals surface area contributed by atoms with E-state index in [0.717, 1.165) is 11.3 Å². The van der Waals surface area contributed by atoms with Gasteiger partial charge in [-0.15, -0.1) is 10.2 Å². The van der Waals surface area contributed by atoms with Gasteiger partial charge < -0.3 is 4.90 Å². The van der Waals surface area contributed by atoms with Crippen LogP contribution in [0.1, 0.15) is 5.56 Å². The van der Waals surface area contributed by atoms with E-state index in [1.54, 1.807) is 12.1 Å². The molecule has 1 aromatic carbocycles. The van der Waals surface area contributed by atoms with Crippen LogP contribution in [0.15, 0.2) is 30.3 Å². The lowest BCUT2D eigenvalue weighted by Crippen LogP contribution is -2.68. The lowest BCUT2D eigenvalue weighted by Gasteiger charge is -2.17. The standard InChI is InChI=1S/C13H18FN2.ClHO4/c1-15(2)10-9-13(16(3)4)11-5-7-12(14)8-6-11;2-1(3,4)5/h5-10H,1-4H3;(H,2,3,4,5)/q+1;/p-1. The fourth-order valence-electron chi connectivity index (χ4n) is 1.34. The quantitative estimate of drug-likeness (QED) is 0.446. The average molecular weight is 321 g/mol. The molecule has 1 aromatic rings. The van der Waals surface area contributed by atoms with Crippen molar-refractivity contribution in [3.8, 4) is 0 Å². The normalized spacial score (nSPS) is 11.4. The van der Waals surface area contributed by atoms with E-state index in [9.17, 15) is 4.39 Å². The van der Waals surface area contributed by atoms with Crippen LogP contribution in [0.4, 0.5) is 4.39 Å². The number of nitrogens with zero attached hydrogens (tertiary/aromatic N) is 2. The molecule has 0 N–H and O–H groups in total. The van der Waals surface area contributed by atoms with Crippen LogP contribution >= 0.6 is 0 Å². The van der Waals surface area contributed by atoms with Crippen molar-refractivity contribution in [1.29, 1.82) is 0 Å². The monoisotopic (exact) mass is 320 g/mol. The van der Waals surface area contributed by atoms with Crippen LogP contribution in [0.5, 0.6) is 0 Å². The summed E-state index contributed by atoms with van der Waals surface area (Å²) in [5.74, 6) is -0.210. The highest BCUT2D eigenvalue weighted by Gasteiger charge is 2.03. The first kappa shape index (κ1) is 19.5. The summed E-state index contributed by atoms with van der Waals surface area (Å²) in [5.41, 5.74) is 2.05. The smallest absolute Gasteiger partial charge is 0.164 e. The van der Waals surface area contributed by atoms with E-state index in [-0.39, 0.29) is 5.82 Å². The molecule has 0 fully saturated rings. The lowest BCUT2D eigenvalue weighted by molar-refractivity contribution is -2.00. The molecule has 1 rings (SSSR count). The zero-order valence-electron chi connectivity index (χ0n) is 12.2. The molecule has 0 spiro atoms. The number of allylic oxidation sites excluding steroid dienone is 1. The molecule has 0 aromatic heterocycles. The van der Waals surface area contributed by atoms with Gasteiger partial charge in [-0.2, -0.15) is 0 Å². The molecule has 0 aliphatic carbocycles. The van der Waals surface area contributed by atoms with Crippen molar-refractivity contribution in [2.75, 3.05) is 28.2 Å². The number of rotatable bonds is 3. The second kappa shape index (κ2) is 8.71. The Bertz CT molecular complexity index is 486. The molecule has 0 saturated carbocycles. The number of hydrogen-bond acceptors (Lipinski definition) is 5. The third-order valence-electron chi connectivity index (χ3n) is 2.15. The Balaban J connectivity index is 0.000000690. The van der Waals surface area contributed by atoms with E-state index < -0.39 is 10.2 Å². The van der Waals surface area contributed by atoms with Crippen molar-refractivity contribution in [2.24, 2.45) is 0 Å². The van der Waals surface area contributed by atoms with E-state index in [1.807, 2.05) is 50.0 Å². The van der Waals surface area contributed by atoms with Gasteiger partial charge in [0.05, 0.1) is 0 Å². The summed E-state index contributed by atoms with van der Waals surface area (Å²) in [7, 11) is 2.93. The van der Waals surface area contributed by atoms with Gasteiger partial charge in [0.1, 0.15) is 19.9 Å². The fourth-order valence-corrected chi connectivity index (χ4v) is 1.34. The van der Waals surface area contributed by atoms with Crippen LogP contribution in [-0.4, -0.2) is 43.9 Å². The molecule has 0 atom stereocenters. The Morgan fingerprint density at radius 3 is 1.86 bits per heavy atom. The first-order valence-electron chi connectivity index (χ1n) is 5.77. The van der Waals surface area contributed by atoms with Crippen molar-refractivity contribution in [1.82, 2.24) is 4.90 Å². The van der Waals surface area contributed by atoms with Gasteiger partial charge in [-0.05, 0) is 29.8 Å². The Labute approximate surface area is 125 Å².